The van der Waals surface area contributed by atoms with Gasteiger partial charge in [0.25, 0.3) is 5.56 Å². The van der Waals surface area contributed by atoms with Crippen LogP contribution in [0.4, 0.5) is 10.1 Å². The number of hydrogen-bond donors (Lipinski definition) is 2. The molecule has 170 valence electrons. The number of likely N-dealkylation sites (N-methyl/N-ethyl adjacent to an activating group) is 1. The molecule has 5 nitrogen and oxygen atoms in total. The lowest BCUT2D eigenvalue weighted by molar-refractivity contribution is 0.266. The SMILES string of the molecule is CCN(CC)CCN(Cc1cc2c(C)cc(C)cc2[nH]c1=O)C(=S)Nc1ccc(F)cc1. The summed E-state index contributed by atoms with van der Waals surface area (Å²) in [5.74, 6) is -0.298. The van der Waals surface area contributed by atoms with Crippen molar-refractivity contribution in [1.29, 1.82) is 0 Å². The van der Waals surface area contributed by atoms with Crippen LogP contribution in [-0.2, 0) is 6.54 Å². The summed E-state index contributed by atoms with van der Waals surface area (Å²) >= 11 is 5.69. The van der Waals surface area contributed by atoms with Gasteiger partial charge in [-0.15, -0.1) is 0 Å². The third-order valence-electron chi connectivity index (χ3n) is 5.71. The number of H-pyrrole nitrogens is 1. The number of rotatable bonds is 8. The van der Waals surface area contributed by atoms with E-state index in [4.69, 9.17) is 12.2 Å². The molecule has 32 heavy (non-hydrogen) atoms. The van der Waals surface area contributed by atoms with Gasteiger partial charge in [-0.2, -0.15) is 0 Å². The molecule has 0 aliphatic heterocycles. The average molecular weight is 455 g/mol. The number of halogens is 1. The van der Waals surface area contributed by atoms with Gasteiger partial charge in [-0.25, -0.2) is 4.39 Å². The summed E-state index contributed by atoms with van der Waals surface area (Å²) in [7, 11) is 0. The fourth-order valence-electron chi connectivity index (χ4n) is 3.83. The minimum absolute atomic E-state index is 0.111. The number of hydrogen-bond acceptors (Lipinski definition) is 3. The Morgan fingerprint density at radius 2 is 1.75 bits per heavy atom. The van der Waals surface area contributed by atoms with E-state index in [9.17, 15) is 9.18 Å². The third kappa shape index (κ3) is 5.93. The Bertz CT molecular complexity index is 1140. The molecule has 7 heteroatoms. The van der Waals surface area contributed by atoms with Crippen molar-refractivity contribution in [2.75, 3.05) is 31.5 Å². The summed E-state index contributed by atoms with van der Waals surface area (Å²) in [4.78, 5) is 20.2. The van der Waals surface area contributed by atoms with E-state index in [0.717, 1.165) is 41.7 Å². The Balaban J connectivity index is 1.88. The average Bonchev–Trinajstić information content (AvgIpc) is 2.75. The molecule has 0 aliphatic carbocycles. The zero-order chi connectivity index (χ0) is 23.3. The second kappa shape index (κ2) is 10.7. The second-order valence-corrected chi connectivity index (χ2v) is 8.44. The van der Waals surface area contributed by atoms with Gasteiger partial charge in [0.15, 0.2) is 5.11 Å². The fraction of sp³-hybridized carbons (Fsp3) is 0.360. The standard InChI is InChI=1S/C25H31FN4OS/c1-5-29(6-2)11-12-30(25(32)27-21-9-7-20(26)8-10-21)16-19-15-22-18(4)13-17(3)14-23(22)28-24(19)31/h7-10,13-15H,5-6,11-12,16H2,1-4H3,(H,27,32)(H,28,31). The third-order valence-corrected chi connectivity index (χ3v) is 6.07. The monoisotopic (exact) mass is 454 g/mol. The van der Waals surface area contributed by atoms with Gasteiger partial charge in [-0.05, 0) is 86.7 Å². The van der Waals surface area contributed by atoms with Crippen molar-refractivity contribution in [3.63, 3.8) is 0 Å². The molecule has 3 aromatic rings. The molecule has 0 bridgehead atoms. The Hall–Kier alpha value is -2.77. The number of fused-ring (bicyclic) bond motifs is 1. The molecule has 0 atom stereocenters. The summed E-state index contributed by atoms with van der Waals surface area (Å²) in [6.07, 6.45) is 0. The normalized spacial score (nSPS) is 11.2. The lowest BCUT2D eigenvalue weighted by Gasteiger charge is -2.29. The molecule has 0 amide bonds. The minimum atomic E-state index is -0.298. The lowest BCUT2D eigenvalue weighted by Crippen LogP contribution is -2.41. The van der Waals surface area contributed by atoms with E-state index in [1.807, 2.05) is 24.0 Å². The summed E-state index contributed by atoms with van der Waals surface area (Å²) in [6, 6.07) is 12.2. The van der Waals surface area contributed by atoms with Gasteiger partial charge in [0.2, 0.25) is 0 Å². The van der Waals surface area contributed by atoms with Crippen molar-refractivity contribution in [2.45, 2.75) is 34.2 Å². The van der Waals surface area contributed by atoms with Crippen molar-refractivity contribution in [3.8, 4) is 0 Å². The summed E-state index contributed by atoms with van der Waals surface area (Å²) in [6.45, 7) is 12.1. The Morgan fingerprint density at radius 1 is 1.06 bits per heavy atom. The topological polar surface area (TPSA) is 51.4 Å². The molecule has 0 radical (unpaired) electrons. The van der Waals surface area contributed by atoms with Gasteiger partial charge >= 0.3 is 0 Å². The number of anilines is 1. The largest absolute Gasteiger partial charge is 0.343 e. The molecule has 0 aliphatic rings. The number of nitrogens with one attached hydrogen (secondary N) is 2. The first-order chi connectivity index (χ1) is 15.3. The highest BCUT2D eigenvalue weighted by molar-refractivity contribution is 7.80. The van der Waals surface area contributed by atoms with E-state index < -0.39 is 0 Å². The Kier molecular flexibility index (Phi) is 7.99. The summed E-state index contributed by atoms with van der Waals surface area (Å²) in [5, 5.41) is 4.72. The predicted molar refractivity (Wildman–Crippen MR) is 135 cm³/mol. The van der Waals surface area contributed by atoms with Crippen molar-refractivity contribution >= 4 is 33.9 Å². The first-order valence-electron chi connectivity index (χ1n) is 11.0. The highest BCUT2D eigenvalue weighted by atomic mass is 32.1. The highest BCUT2D eigenvalue weighted by Crippen LogP contribution is 2.19. The molecule has 0 saturated heterocycles. The number of aromatic amines is 1. The van der Waals surface area contributed by atoms with Crippen LogP contribution in [0.3, 0.4) is 0 Å². The molecule has 1 aromatic heterocycles. The van der Waals surface area contributed by atoms with Crippen molar-refractivity contribution in [2.24, 2.45) is 0 Å². The maximum atomic E-state index is 13.3. The number of aromatic nitrogens is 1. The number of nitrogens with zero attached hydrogens (tertiary/aromatic N) is 2. The molecule has 2 aromatic carbocycles. The minimum Gasteiger partial charge on any atom is -0.343 e. The van der Waals surface area contributed by atoms with Gasteiger partial charge in [-0.1, -0.05) is 19.9 Å². The van der Waals surface area contributed by atoms with Crippen LogP contribution in [0.25, 0.3) is 10.9 Å². The summed E-state index contributed by atoms with van der Waals surface area (Å²) in [5.41, 5.74) is 4.34. The Labute approximate surface area is 194 Å². The molecule has 0 spiro atoms. The maximum absolute atomic E-state index is 13.3. The summed E-state index contributed by atoms with van der Waals surface area (Å²) < 4.78 is 13.3. The van der Waals surface area contributed by atoms with Crippen LogP contribution in [0.15, 0.2) is 47.3 Å². The van der Waals surface area contributed by atoms with E-state index in [1.165, 1.54) is 12.1 Å². The first kappa shape index (κ1) is 23.9. The molecule has 1 heterocycles. The zero-order valence-electron chi connectivity index (χ0n) is 19.2. The molecule has 3 rings (SSSR count). The van der Waals surface area contributed by atoms with E-state index in [0.29, 0.717) is 29.5 Å². The fourth-order valence-corrected chi connectivity index (χ4v) is 4.10. The van der Waals surface area contributed by atoms with Gasteiger partial charge in [0.1, 0.15) is 5.82 Å². The quantitative estimate of drug-likeness (QED) is 0.478. The van der Waals surface area contributed by atoms with Gasteiger partial charge in [0.05, 0.1) is 6.54 Å². The van der Waals surface area contributed by atoms with E-state index in [2.05, 4.69) is 42.0 Å². The molecular formula is C25H31FN4OS. The Morgan fingerprint density at radius 3 is 2.41 bits per heavy atom. The molecule has 0 fully saturated rings. The van der Waals surface area contributed by atoms with Crippen molar-refractivity contribution in [1.82, 2.24) is 14.8 Å². The maximum Gasteiger partial charge on any atom is 0.253 e. The van der Waals surface area contributed by atoms with Crippen molar-refractivity contribution in [3.05, 3.63) is 75.3 Å². The number of pyridine rings is 1. The van der Waals surface area contributed by atoms with Gasteiger partial charge in [0, 0.05) is 35.2 Å². The zero-order valence-corrected chi connectivity index (χ0v) is 20.0. The van der Waals surface area contributed by atoms with Gasteiger partial charge in [-0.3, -0.25) is 4.79 Å². The number of benzene rings is 2. The lowest BCUT2D eigenvalue weighted by atomic mass is 10.0. The van der Waals surface area contributed by atoms with E-state index >= 15 is 0 Å². The number of aryl methyl sites for hydroxylation is 2. The van der Waals surface area contributed by atoms with Crippen LogP contribution in [0.1, 0.15) is 30.5 Å². The molecular weight excluding hydrogens is 423 g/mol. The molecule has 0 unspecified atom stereocenters. The van der Waals surface area contributed by atoms with Crippen LogP contribution in [0.5, 0.6) is 0 Å². The smallest absolute Gasteiger partial charge is 0.253 e. The van der Waals surface area contributed by atoms with Crippen LogP contribution in [-0.4, -0.2) is 46.1 Å². The molecule has 2 N–H and O–H groups in total. The van der Waals surface area contributed by atoms with Crippen molar-refractivity contribution < 1.29 is 4.39 Å². The van der Waals surface area contributed by atoms with Crippen LogP contribution in [0, 0.1) is 19.7 Å². The first-order valence-corrected chi connectivity index (χ1v) is 11.4. The second-order valence-electron chi connectivity index (χ2n) is 8.05. The van der Waals surface area contributed by atoms with Gasteiger partial charge < -0.3 is 20.1 Å². The predicted octanol–water partition coefficient (Wildman–Crippen LogP) is 4.82. The van der Waals surface area contributed by atoms with Crippen LogP contribution < -0.4 is 10.9 Å². The van der Waals surface area contributed by atoms with E-state index in [-0.39, 0.29) is 11.4 Å². The molecule has 0 saturated carbocycles. The van der Waals surface area contributed by atoms with Crippen LogP contribution >= 0.6 is 12.2 Å². The van der Waals surface area contributed by atoms with E-state index in [1.54, 1.807) is 12.1 Å². The van der Waals surface area contributed by atoms with Crippen LogP contribution in [0.2, 0.25) is 0 Å². The number of thiocarbonyl (C=S) groups is 1. The highest BCUT2D eigenvalue weighted by Gasteiger charge is 2.15.